The van der Waals surface area contributed by atoms with Crippen molar-refractivity contribution in [1.29, 1.82) is 0 Å². The van der Waals surface area contributed by atoms with Crippen molar-refractivity contribution < 1.29 is 14.2 Å². The van der Waals surface area contributed by atoms with Crippen molar-refractivity contribution in [2.45, 2.75) is 39.2 Å². The fraction of sp³-hybridized carbons (Fsp3) is 0.562. The van der Waals surface area contributed by atoms with Gasteiger partial charge in [-0.1, -0.05) is 10.3 Å². The molecule has 8 heteroatoms. The maximum Gasteiger partial charge on any atom is 0.228 e. The second-order valence-corrected chi connectivity index (χ2v) is 6.00. The van der Waals surface area contributed by atoms with Crippen LogP contribution >= 0.6 is 0 Å². The molecule has 0 saturated carbocycles. The van der Waals surface area contributed by atoms with Gasteiger partial charge in [0, 0.05) is 24.5 Å². The molecule has 1 amide bonds. The average Bonchev–Trinajstić information content (AvgIpc) is 2.98. The second kappa shape index (κ2) is 7.48. The van der Waals surface area contributed by atoms with Gasteiger partial charge in [-0.05, 0) is 32.8 Å². The van der Waals surface area contributed by atoms with Gasteiger partial charge in [0.15, 0.2) is 0 Å². The van der Waals surface area contributed by atoms with Gasteiger partial charge in [-0.15, -0.1) is 0 Å². The molecule has 1 aliphatic rings. The zero-order valence-corrected chi connectivity index (χ0v) is 13.9. The van der Waals surface area contributed by atoms with Crippen LogP contribution < -0.4 is 0 Å². The first-order valence-electron chi connectivity index (χ1n) is 8.07. The van der Waals surface area contributed by atoms with E-state index in [0.717, 1.165) is 24.2 Å². The molecule has 1 unspecified atom stereocenters. The van der Waals surface area contributed by atoms with Crippen LogP contribution in [0.25, 0.3) is 0 Å². The molecule has 1 atom stereocenters. The van der Waals surface area contributed by atoms with Gasteiger partial charge in [0.25, 0.3) is 0 Å². The Morgan fingerprint density at radius 2 is 2.21 bits per heavy atom. The molecule has 0 N–H and O–H groups in total. The molecule has 1 aliphatic heterocycles. The topological polar surface area (TPSA) is 94.2 Å². The van der Waals surface area contributed by atoms with E-state index in [1.165, 1.54) is 0 Å². The van der Waals surface area contributed by atoms with Crippen molar-refractivity contribution in [3.8, 4) is 0 Å². The Morgan fingerprint density at radius 1 is 1.33 bits per heavy atom. The number of carbonyl (C=O) groups is 1. The van der Waals surface area contributed by atoms with Gasteiger partial charge in [0.1, 0.15) is 17.7 Å². The Kier molecular flexibility index (Phi) is 5.14. The van der Waals surface area contributed by atoms with Crippen LogP contribution in [0, 0.1) is 13.8 Å². The number of ether oxygens (including phenoxy) is 1. The third kappa shape index (κ3) is 4.14. The number of aryl methyl sites for hydroxylation is 3. The summed E-state index contributed by atoms with van der Waals surface area (Å²) >= 11 is 0. The van der Waals surface area contributed by atoms with E-state index < -0.39 is 0 Å². The minimum absolute atomic E-state index is 0.0227. The van der Waals surface area contributed by atoms with Gasteiger partial charge in [0.05, 0.1) is 19.1 Å². The van der Waals surface area contributed by atoms with Gasteiger partial charge in [0.2, 0.25) is 5.91 Å². The molecule has 0 bridgehead atoms. The van der Waals surface area contributed by atoms with Gasteiger partial charge in [-0.3, -0.25) is 4.79 Å². The molecule has 24 heavy (non-hydrogen) atoms. The number of hydrogen-bond acceptors (Lipinski definition) is 7. The number of amides is 1. The first-order chi connectivity index (χ1) is 11.6. The van der Waals surface area contributed by atoms with Crippen LogP contribution in [-0.4, -0.2) is 56.9 Å². The number of nitrogens with zero attached hydrogens (tertiary/aromatic N) is 5. The van der Waals surface area contributed by atoms with Crippen molar-refractivity contribution in [1.82, 2.24) is 25.2 Å². The first-order valence-corrected chi connectivity index (χ1v) is 8.07. The molecule has 128 valence electrons. The molecule has 0 spiro atoms. The maximum atomic E-state index is 12.4. The fourth-order valence-corrected chi connectivity index (χ4v) is 2.74. The number of hydrogen-bond donors (Lipinski definition) is 0. The van der Waals surface area contributed by atoms with Crippen LogP contribution in [0.5, 0.6) is 0 Å². The number of morpholine rings is 1. The van der Waals surface area contributed by atoms with E-state index in [9.17, 15) is 4.79 Å². The van der Waals surface area contributed by atoms with Crippen molar-refractivity contribution in [2.75, 3.05) is 19.7 Å². The highest BCUT2D eigenvalue weighted by Gasteiger charge is 2.25. The molecular formula is C16H21N5O3. The van der Waals surface area contributed by atoms with Crippen LogP contribution in [0.4, 0.5) is 0 Å². The number of rotatable bonds is 5. The summed E-state index contributed by atoms with van der Waals surface area (Å²) in [4.78, 5) is 22.6. The Morgan fingerprint density at radius 3 is 2.96 bits per heavy atom. The van der Waals surface area contributed by atoms with E-state index in [-0.39, 0.29) is 18.4 Å². The van der Waals surface area contributed by atoms with E-state index in [0.29, 0.717) is 31.1 Å². The van der Waals surface area contributed by atoms with Crippen LogP contribution in [0.1, 0.15) is 29.2 Å². The Labute approximate surface area is 140 Å². The van der Waals surface area contributed by atoms with E-state index in [2.05, 4.69) is 24.9 Å². The fourth-order valence-electron chi connectivity index (χ4n) is 2.74. The lowest BCUT2D eigenvalue weighted by atomic mass is 10.1. The summed E-state index contributed by atoms with van der Waals surface area (Å²) < 4.78 is 10.4. The smallest absolute Gasteiger partial charge is 0.228 e. The predicted octanol–water partition coefficient (Wildman–Crippen LogP) is 0.879. The highest BCUT2D eigenvalue weighted by molar-refractivity contribution is 5.78. The van der Waals surface area contributed by atoms with E-state index >= 15 is 0 Å². The molecule has 1 fully saturated rings. The normalized spacial score (nSPS) is 17.9. The molecule has 2 aromatic heterocycles. The van der Waals surface area contributed by atoms with E-state index in [4.69, 9.17) is 4.74 Å². The van der Waals surface area contributed by atoms with E-state index in [1.54, 1.807) is 13.3 Å². The van der Waals surface area contributed by atoms with Crippen molar-refractivity contribution in [2.24, 2.45) is 0 Å². The summed E-state index contributed by atoms with van der Waals surface area (Å²) in [6.07, 6.45) is 3.45. The standard InChI is InChI=1S/C16H21N5O3/c1-11-7-13(18-10-17-11)3-4-14-9-21(5-6-23-14)16(22)8-15-12(2)19-24-20-15/h7,10,14H,3-6,8-9H2,1-2H3. The van der Waals surface area contributed by atoms with Gasteiger partial charge in [-0.25, -0.2) is 14.6 Å². The van der Waals surface area contributed by atoms with E-state index in [1.807, 2.05) is 17.9 Å². The van der Waals surface area contributed by atoms with Crippen LogP contribution in [-0.2, 0) is 22.4 Å². The zero-order chi connectivity index (χ0) is 16.9. The monoisotopic (exact) mass is 331 g/mol. The molecule has 0 aliphatic carbocycles. The summed E-state index contributed by atoms with van der Waals surface area (Å²) in [6.45, 7) is 5.48. The lowest BCUT2D eigenvalue weighted by Gasteiger charge is -2.33. The van der Waals surface area contributed by atoms with Crippen LogP contribution in [0.3, 0.4) is 0 Å². The van der Waals surface area contributed by atoms with Crippen LogP contribution in [0.15, 0.2) is 17.0 Å². The highest BCUT2D eigenvalue weighted by Crippen LogP contribution is 2.14. The third-order valence-corrected chi connectivity index (χ3v) is 4.14. The largest absolute Gasteiger partial charge is 0.375 e. The minimum atomic E-state index is 0.0227. The summed E-state index contributed by atoms with van der Waals surface area (Å²) in [5, 5.41) is 7.48. The lowest BCUT2D eigenvalue weighted by Crippen LogP contribution is -2.46. The highest BCUT2D eigenvalue weighted by atomic mass is 16.6. The first kappa shape index (κ1) is 16.5. The lowest BCUT2D eigenvalue weighted by molar-refractivity contribution is -0.138. The minimum Gasteiger partial charge on any atom is -0.375 e. The van der Waals surface area contributed by atoms with Crippen molar-refractivity contribution in [3.05, 3.63) is 35.2 Å². The molecule has 3 heterocycles. The molecule has 0 radical (unpaired) electrons. The molecule has 1 saturated heterocycles. The molecule has 2 aromatic rings. The third-order valence-electron chi connectivity index (χ3n) is 4.14. The summed E-state index contributed by atoms with van der Waals surface area (Å²) in [6, 6.07) is 1.98. The quantitative estimate of drug-likeness (QED) is 0.802. The van der Waals surface area contributed by atoms with Gasteiger partial charge < -0.3 is 9.64 Å². The second-order valence-electron chi connectivity index (χ2n) is 6.00. The Bertz CT molecular complexity index is 703. The zero-order valence-electron chi connectivity index (χ0n) is 13.9. The summed E-state index contributed by atoms with van der Waals surface area (Å²) in [5.41, 5.74) is 3.21. The Hall–Kier alpha value is -2.35. The van der Waals surface area contributed by atoms with Crippen molar-refractivity contribution in [3.63, 3.8) is 0 Å². The summed E-state index contributed by atoms with van der Waals surface area (Å²) in [5.74, 6) is 0.0278. The maximum absolute atomic E-state index is 12.4. The number of aromatic nitrogens is 4. The molecule has 0 aromatic carbocycles. The Balaban J connectivity index is 1.52. The predicted molar refractivity (Wildman–Crippen MR) is 84.1 cm³/mol. The van der Waals surface area contributed by atoms with Crippen molar-refractivity contribution >= 4 is 5.91 Å². The molecule has 8 nitrogen and oxygen atoms in total. The van der Waals surface area contributed by atoms with Gasteiger partial charge >= 0.3 is 0 Å². The summed E-state index contributed by atoms with van der Waals surface area (Å²) in [7, 11) is 0. The SMILES string of the molecule is Cc1cc(CCC2CN(C(=O)Cc3nonc3C)CCO2)ncn1. The molecule has 3 rings (SSSR count). The van der Waals surface area contributed by atoms with Gasteiger partial charge in [-0.2, -0.15) is 0 Å². The number of carbonyl (C=O) groups excluding carboxylic acids is 1. The van der Waals surface area contributed by atoms with Crippen LogP contribution in [0.2, 0.25) is 0 Å². The average molecular weight is 331 g/mol. The molecular weight excluding hydrogens is 310 g/mol.